The summed E-state index contributed by atoms with van der Waals surface area (Å²) in [6, 6.07) is 9.96. The molecule has 29 heavy (non-hydrogen) atoms. The molecule has 2 aromatic rings. The molecule has 0 aromatic heterocycles. The van der Waals surface area contributed by atoms with Crippen LogP contribution in [0.3, 0.4) is 0 Å². The Morgan fingerprint density at radius 1 is 1.14 bits per heavy atom. The number of fused-ring (bicyclic) bond motifs is 1. The SMILES string of the molecule is CC(C(=O)NCc1ccc2c(c1)OCO2)N(C)CC(=O)Nc1c(Cl)cccc1Cl. The molecule has 0 saturated carbocycles. The van der Waals surface area contributed by atoms with Crippen LogP contribution >= 0.6 is 23.2 Å². The second-order valence-electron chi connectivity index (χ2n) is 6.64. The lowest BCUT2D eigenvalue weighted by Crippen LogP contribution is -2.45. The number of likely N-dealkylation sites (N-methyl/N-ethyl adjacent to an activating group) is 1. The molecule has 1 heterocycles. The van der Waals surface area contributed by atoms with Gasteiger partial charge in [0.25, 0.3) is 0 Å². The maximum atomic E-state index is 12.5. The van der Waals surface area contributed by atoms with E-state index in [1.54, 1.807) is 37.1 Å². The molecule has 1 aliphatic rings. The predicted octanol–water partition coefficient (Wildman–Crippen LogP) is 3.30. The molecule has 2 N–H and O–H groups in total. The zero-order chi connectivity index (χ0) is 21.0. The number of carbonyl (C=O) groups is 2. The fourth-order valence-electron chi connectivity index (χ4n) is 2.75. The lowest BCUT2D eigenvalue weighted by molar-refractivity contribution is -0.126. The summed E-state index contributed by atoms with van der Waals surface area (Å²) in [7, 11) is 1.69. The van der Waals surface area contributed by atoms with Crippen LogP contribution in [0.1, 0.15) is 12.5 Å². The van der Waals surface area contributed by atoms with Crippen LogP contribution in [0.25, 0.3) is 0 Å². The lowest BCUT2D eigenvalue weighted by atomic mass is 10.2. The van der Waals surface area contributed by atoms with E-state index < -0.39 is 6.04 Å². The van der Waals surface area contributed by atoms with Gasteiger partial charge in [-0.15, -0.1) is 0 Å². The van der Waals surface area contributed by atoms with Gasteiger partial charge in [0, 0.05) is 6.54 Å². The van der Waals surface area contributed by atoms with Gasteiger partial charge < -0.3 is 20.1 Å². The van der Waals surface area contributed by atoms with Crippen molar-refractivity contribution >= 4 is 40.7 Å². The zero-order valence-corrected chi connectivity index (χ0v) is 17.5. The number of hydrogen-bond donors (Lipinski definition) is 2. The first-order valence-corrected chi connectivity index (χ1v) is 9.71. The third-order valence-electron chi connectivity index (χ3n) is 4.56. The van der Waals surface area contributed by atoms with Gasteiger partial charge in [0.05, 0.1) is 28.3 Å². The van der Waals surface area contributed by atoms with Crippen LogP contribution in [0.5, 0.6) is 11.5 Å². The van der Waals surface area contributed by atoms with E-state index in [0.717, 1.165) is 5.56 Å². The van der Waals surface area contributed by atoms with Crippen molar-refractivity contribution in [2.75, 3.05) is 25.7 Å². The van der Waals surface area contributed by atoms with Crippen molar-refractivity contribution in [1.29, 1.82) is 0 Å². The second-order valence-corrected chi connectivity index (χ2v) is 7.46. The summed E-state index contributed by atoms with van der Waals surface area (Å²) in [6.45, 7) is 2.27. The molecule has 9 heteroatoms. The first-order chi connectivity index (χ1) is 13.8. The van der Waals surface area contributed by atoms with Gasteiger partial charge in [-0.3, -0.25) is 14.5 Å². The minimum absolute atomic E-state index is 0.000161. The number of rotatable bonds is 7. The Balaban J connectivity index is 1.50. The molecule has 0 radical (unpaired) electrons. The highest BCUT2D eigenvalue weighted by atomic mass is 35.5. The van der Waals surface area contributed by atoms with E-state index in [1.165, 1.54) is 0 Å². The van der Waals surface area contributed by atoms with E-state index >= 15 is 0 Å². The van der Waals surface area contributed by atoms with E-state index in [9.17, 15) is 9.59 Å². The quantitative estimate of drug-likeness (QED) is 0.694. The van der Waals surface area contributed by atoms with Gasteiger partial charge in [-0.25, -0.2) is 0 Å². The van der Waals surface area contributed by atoms with E-state index in [-0.39, 0.29) is 25.2 Å². The topological polar surface area (TPSA) is 79.9 Å². The minimum atomic E-state index is -0.517. The fourth-order valence-corrected chi connectivity index (χ4v) is 3.24. The Hall–Kier alpha value is -2.48. The molecule has 3 rings (SSSR count). The Labute approximate surface area is 178 Å². The number of para-hydroxylation sites is 1. The van der Waals surface area contributed by atoms with Gasteiger partial charge in [-0.1, -0.05) is 35.3 Å². The van der Waals surface area contributed by atoms with Gasteiger partial charge >= 0.3 is 0 Å². The molecule has 2 aromatic carbocycles. The monoisotopic (exact) mass is 437 g/mol. The van der Waals surface area contributed by atoms with Crippen LogP contribution in [0.15, 0.2) is 36.4 Å². The van der Waals surface area contributed by atoms with E-state index in [2.05, 4.69) is 10.6 Å². The largest absolute Gasteiger partial charge is 0.454 e. The molecule has 1 atom stereocenters. The van der Waals surface area contributed by atoms with E-state index in [1.807, 2.05) is 18.2 Å². The summed E-state index contributed by atoms with van der Waals surface area (Å²) in [5.74, 6) is 0.835. The molecule has 1 aliphatic heterocycles. The molecule has 1 unspecified atom stereocenters. The number of benzene rings is 2. The average molecular weight is 438 g/mol. The van der Waals surface area contributed by atoms with Gasteiger partial charge in [-0.05, 0) is 43.8 Å². The van der Waals surface area contributed by atoms with Gasteiger partial charge in [-0.2, -0.15) is 0 Å². The minimum Gasteiger partial charge on any atom is -0.454 e. The number of hydrogen-bond acceptors (Lipinski definition) is 5. The maximum absolute atomic E-state index is 12.5. The average Bonchev–Trinajstić information content (AvgIpc) is 3.16. The highest BCUT2D eigenvalue weighted by Gasteiger charge is 2.21. The van der Waals surface area contributed by atoms with Crippen LogP contribution in [-0.4, -0.2) is 43.1 Å². The summed E-state index contributed by atoms with van der Waals surface area (Å²) < 4.78 is 10.6. The molecule has 2 amide bonds. The van der Waals surface area contributed by atoms with Gasteiger partial charge in [0.15, 0.2) is 11.5 Å². The fraction of sp³-hybridized carbons (Fsp3) is 0.300. The van der Waals surface area contributed by atoms with E-state index in [0.29, 0.717) is 33.8 Å². The summed E-state index contributed by atoms with van der Waals surface area (Å²) in [5.41, 5.74) is 1.25. The smallest absolute Gasteiger partial charge is 0.238 e. The molecular formula is C20H21Cl2N3O4. The number of carbonyl (C=O) groups excluding carboxylic acids is 2. The van der Waals surface area contributed by atoms with E-state index in [4.69, 9.17) is 32.7 Å². The third kappa shape index (κ3) is 5.32. The zero-order valence-electron chi connectivity index (χ0n) is 16.0. The Morgan fingerprint density at radius 3 is 2.55 bits per heavy atom. The Bertz CT molecular complexity index is 902. The maximum Gasteiger partial charge on any atom is 0.238 e. The Kier molecular flexibility index (Phi) is 6.84. The molecule has 7 nitrogen and oxygen atoms in total. The van der Waals surface area contributed by atoms with Crippen LogP contribution < -0.4 is 20.1 Å². The van der Waals surface area contributed by atoms with Gasteiger partial charge in [0.2, 0.25) is 18.6 Å². The predicted molar refractivity (Wildman–Crippen MR) is 112 cm³/mol. The number of anilines is 1. The molecule has 0 saturated heterocycles. The van der Waals surface area contributed by atoms with Crippen LogP contribution in [-0.2, 0) is 16.1 Å². The van der Waals surface area contributed by atoms with Crippen molar-refractivity contribution in [3.63, 3.8) is 0 Å². The van der Waals surface area contributed by atoms with Crippen LogP contribution in [0.2, 0.25) is 10.0 Å². The number of ether oxygens (including phenoxy) is 2. The summed E-state index contributed by atoms with van der Waals surface area (Å²) in [5, 5.41) is 6.24. The number of amides is 2. The van der Waals surface area contributed by atoms with Crippen molar-refractivity contribution in [1.82, 2.24) is 10.2 Å². The highest BCUT2D eigenvalue weighted by Crippen LogP contribution is 2.32. The third-order valence-corrected chi connectivity index (χ3v) is 5.19. The molecular weight excluding hydrogens is 417 g/mol. The second kappa shape index (κ2) is 9.35. The van der Waals surface area contributed by atoms with Crippen LogP contribution in [0.4, 0.5) is 5.69 Å². The Morgan fingerprint density at radius 2 is 1.83 bits per heavy atom. The summed E-state index contributed by atoms with van der Waals surface area (Å²) in [4.78, 5) is 26.4. The van der Waals surface area contributed by atoms with Crippen molar-refractivity contribution < 1.29 is 19.1 Å². The number of halogens is 2. The number of nitrogens with one attached hydrogen (secondary N) is 2. The standard InChI is InChI=1S/C20H21Cl2N3O4/c1-12(20(27)23-9-13-6-7-16-17(8-13)29-11-28-16)25(2)10-18(26)24-19-14(21)4-3-5-15(19)22/h3-8,12H,9-11H2,1-2H3,(H,23,27)(H,24,26). The molecule has 154 valence electrons. The number of nitrogens with zero attached hydrogens (tertiary/aromatic N) is 1. The molecule has 0 spiro atoms. The molecule has 0 aliphatic carbocycles. The van der Waals surface area contributed by atoms with Crippen molar-refractivity contribution in [2.45, 2.75) is 19.5 Å². The van der Waals surface area contributed by atoms with Gasteiger partial charge in [0.1, 0.15) is 0 Å². The summed E-state index contributed by atoms with van der Waals surface area (Å²) in [6.07, 6.45) is 0. The first kappa shape index (κ1) is 21.2. The first-order valence-electron chi connectivity index (χ1n) is 8.95. The van der Waals surface area contributed by atoms with Crippen LogP contribution in [0, 0.1) is 0 Å². The lowest BCUT2D eigenvalue weighted by Gasteiger charge is -2.23. The van der Waals surface area contributed by atoms with Crippen molar-refractivity contribution in [2.24, 2.45) is 0 Å². The molecule has 0 fully saturated rings. The molecule has 0 bridgehead atoms. The van der Waals surface area contributed by atoms with Crippen molar-refractivity contribution in [3.05, 3.63) is 52.0 Å². The normalized spacial score (nSPS) is 13.3. The summed E-state index contributed by atoms with van der Waals surface area (Å²) >= 11 is 12.1. The highest BCUT2D eigenvalue weighted by molar-refractivity contribution is 6.39. The van der Waals surface area contributed by atoms with Crippen molar-refractivity contribution in [3.8, 4) is 11.5 Å².